The molecule has 1 fully saturated rings. The zero-order chi connectivity index (χ0) is 15.4. The summed E-state index contributed by atoms with van der Waals surface area (Å²) in [7, 11) is 1.55. The average molecular weight is 356 g/mol. The predicted molar refractivity (Wildman–Crippen MR) is 81.6 cm³/mol. The van der Waals surface area contributed by atoms with E-state index in [1.165, 1.54) is 0 Å². The molecule has 1 saturated heterocycles. The number of carbonyl (C=O) groups excluding carboxylic acids is 1. The number of rotatable bonds is 4. The fourth-order valence-electron chi connectivity index (χ4n) is 2.63. The first-order chi connectivity index (χ1) is 10.0. The van der Waals surface area contributed by atoms with E-state index in [0.29, 0.717) is 22.3 Å². The molecular formula is C15H18BrNO4. The molecule has 1 aromatic carbocycles. The standard InChI is InChI=1S/C15H18BrNO4/c1-21-11-5-6-13(16)12(9-11)15(20)17-7-3-2-4-10(17)8-14(18)19/h5-6,9-10H,2-4,7-8H2,1H3,(H,18,19). The zero-order valence-corrected chi connectivity index (χ0v) is 13.4. The molecule has 1 amide bonds. The van der Waals surface area contributed by atoms with Gasteiger partial charge in [-0.2, -0.15) is 0 Å². The molecule has 0 saturated carbocycles. The number of likely N-dealkylation sites (tertiary alicyclic amines) is 1. The van der Waals surface area contributed by atoms with Crippen molar-refractivity contribution in [1.29, 1.82) is 0 Å². The van der Waals surface area contributed by atoms with E-state index in [4.69, 9.17) is 9.84 Å². The van der Waals surface area contributed by atoms with Gasteiger partial charge in [0.25, 0.3) is 5.91 Å². The molecule has 1 aliphatic heterocycles. The lowest BCUT2D eigenvalue weighted by molar-refractivity contribution is -0.138. The van der Waals surface area contributed by atoms with Gasteiger partial charge in [0.05, 0.1) is 19.1 Å². The van der Waals surface area contributed by atoms with Crippen LogP contribution in [0.4, 0.5) is 0 Å². The van der Waals surface area contributed by atoms with Crippen LogP contribution in [0, 0.1) is 0 Å². The van der Waals surface area contributed by atoms with E-state index >= 15 is 0 Å². The Bertz CT molecular complexity index is 546. The molecule has 1 atom stereocenters. The average Bonchev–Trinajstić information content (AvgIpc) is 2.47. The van der Waals surface area contributed by atoms with Gasteiger partial charge in [0, 0.05) is 17.1 Å². The van der Waals surface area contributed by atoms with Gasteiger partial charge in [0.15, 0.2) is 0 Å². The minimum Gasteiger partial charge on any atom is -0.497 e. The number of hydrogen-bond acceptors (Lipinski definition) is 3. The van der Waals surface area contributed by atoms with Gasteiger partial charge in [-0.1, -0.05) is 0 Å². The molecule has 0 aromatic heterocycles. The van der Waals surface area contributed by atoms with Crippen LogP contribution in [0.1, 0.15) is 36.0 Å². The largest absolute Gasteiger partial charge is 0.497 e. The van der Waals surface area contributed by atoms with Crippen molar-refractivity contribution in [2.45, 2.75) is 31.7 Å². The van der Waals surface area contributed by atoms with Gasteiger partial charge < -0.3 is 14.7 Å². The third-order valence-corrected chi connectivity index (χ3v) is 4.39. The van der Waals surface area contributed by atoms with Crippen molar-refractivity contribution in [2.24, 2.45) is 0 Å². The highest BCUT2D eigenvalue weighted by Gasteiger charge is 2.30. The number of carboxylic acids is 1. The van der Waals surface area contributed by atoms with Crippen LogP contribution in [0.2, 0.25) is 0 Å². The Kier molecular flexibility index (Phi) is 5.22. The molecule has 5 nitrogen and oxygen atoms in total. The number of amides is 1. The van der Waals surface area contributed by atoms with Gasteiger partial charge in [0.1, 0.15) is 5.75 Å². The number of halogens is 1. The van der Waals surface area contributed by atoms with Gasteiger partial charge in [-0.3, -0.25) is 9.59 Å². The molecule has 0 spiro atoms. The summed E-state index contributed by atoms with van der Waals surface area (Å²) in [6, 6.07) is 4.98. The number of ether oxygens (including phenoxy) is 1. The van der Waals surface area contributed by atoms with Crippen LogP contribution in [-0.2, 0) is 4.79 Å². The second-order valence-corrected chi connectivity index (χ2v) is 5.95. The van der Waals surface area contributed by atoms with Crippen molar-refractivity contribution in [3.8, 4) is 5.75 Å². The smallest absolute Gasteiger partial charge is 0.305 e. The Morgan fingerprint density at radius 3 is 2.86 bits per heavy atom. The second-order valence-electron chi connectivity index (χ2n) is 5.09. The number of carboxylic acid groups (broad SMARTS) is 1. The van der Waals surface area contributed by atoms with Crippen LogP contribution in [0.5, 0.6) is 5.75 Å². The number of benzene rings is 1. The third kappa shape index (κ3) is 3.75. The second kappa shape index (κ2) is 6.93. The third-order valence-electron chi connectivity index (χ3n) is 3.70. The van der Waals surface area contributed by atoms with Crippen LogP contribution in [0.3, 0.4) is 0 Å². The maximum Gasteiger partial charge on any atom is 0.305 e. The number of aliphatic carboxylic acids is 1. The minimum absolute atomic E-state index is 0.00662. The molecule has 6 heteroatoms. The van der Waals surface area contributed by atoms with Crippen molar-refractivity contribution in [3.05, 3.63) is 28.2 Å². The Balaban J connectivity index is 2.26. The Morgan fingerprint density at radius 2 is 2.19 bits per heavy atom. The van der Waals surface area contributed by atoms with Gasteiger partial charge >= 0.3 is 5.97 Å². The number of piperidine rings is 1. The summed E-state index contributed by atoms with van der Waals surface area (Å²) in [6.07, 6.45) is 2.59. The molecule has 21 heavy (non-hydrogen) atoms. The lowest BCUT2D eigenvalue weighted by Crippen LogP contribution is -2.44. The number of methoxy groups -OCH3 is 1. The molecule has 2 rings (SSSR count). The zero-order valence-electron chi connectivity index (χ0n) is 11.8. The van der Waals surface area contributed by atoms with Crippen molar-refractivity contribution < 1.29 is 19.4 Å². The molecular weight excluding hydrogens is 338 g/mol. The fourth-order valence-corrected chi connectivity index (χ4v) is 3.05. The molecule has 1 aliphatic rings. The van der Waals surface area contributed by atoms with E-state index < -0.39 is 5.97 Å². The van der Waals surface area contributed by atoms with Gasteiger partial charge in [-0.25, -0.2) is 0 Å². The first kappa shape index (κ1) is 15.8. The maximum absolute atomic E-state index is 12.7. The van der Waals surface area contributed by atoms with Gasteiger partial charge in [0.2, 0.25) is 0 Å². The summed E-state index contributed by atoms with van der Waals surface area (Å²) in [5, 5.41) is 9.01. The fraction of sp³-hybridized carbons (Fsp3) is 0.467. The van der Waals surface area contributed by atoms with Crippen LogP contribution in [0.15, 0.2) is 22.7 Å². The van der Waals surface area contributed by atoms with E-state index in [1.807, 2.05) is 0 Å². The molecule has 1 heterocycles. The summed E-state index contributed by atoms with van der Waals surface area (Å²) in [6.45, 7) is 0.598. The van der Waals surface area contributed by atoms with E-state index in [2.05, 4.69) is 15.9 Å². The summed E-state index contributed by atoms with van der Waals surface area (Å²) >= 11 is 3.38. The van der Waals surface area contributed by atoms with Crippen LogP contribution in [0.25, 0.3) is 0 Å². The van der Waals surface area contributed by atoms with Gasteiger partial charge in [-0.05, 0) is 53.4 Å². The summed E-state index contributed by atoms with van der Waals surface area (Å²) < 4.78 is 5.84. The highest BCUT2D eigenvalue weighted by atomic mass is 79.9. The normalized spacial score (nSPS) is 18.4. The van der Waals surface area contributed by atoms with E-state index in [0.717, 1.165) is 19.3 Å². The molecule has 0 aliphatic carbocycles. The maximum atomic E-state index is 12.7. The SMILES string of the molecule is COc1ccc(Br)c(C(=O)N2CCCCC2CC(=O)O)c1. The monoisotopic (exact) mass is 355 g/mol. The summed E-state index contributed by atoms with van der Waals surface area (Å²) in [4.78, 5) is 25.4. The topological polar surface area (TPSA) is 66.8 Å². The molecule has 114 valence electrons. The molecule has 1 unspecified atom stereocenters. The van der Waals surface area contributed by atoms with E-state index in [-0.39, 0.29) is 18.4 Å². The minimum atomic E-state index is -0.871. The lowest BCUT2D eigenvalue weighted by atomic mass is 9.98. The van der Waals surface area contributed by atoms with Crippen LogP contribution >= 0.6 is 15.9 Å². The highest BCUT2D eigenvalue weighted by Crippen LogP contribution is 2.27. The first-order valence-corrected chi connectivity index (χ1v) is 7.68. The first-order valence-electron chi connectivity index (χ1n) is 6.89. The highest BCUT2D eigenvalue weighted by molar-refractivity contribution is 9.10. The van der Waals surface area contributed by atoms with E-state index in [9.17, 15) is 9.59 Å². The molecule has 0 radical (unpaired) electrons. The van der Waals surface area contributed by atoms with Crippen molar-refractivity contribution in [2.75, 3.05) is 13.7 Å². The summed E-state index contributed by atoms with van der Waals surface area (Å²) in [5.74, 6) is -0.413. The lowest BCUT2D eigenvalue weighted by Gasteiger charge is -2.35. The van der Waals surface area contributed by atoms with Crippen molar-refractivity contribution >= 4 is 27.8 Å². The van der Waals surface area contributed by atoms with Gasteiger partial charge in [-0.15, -0.1) is 0 Å². The van der Waals surface area contributed by atoms with Crippen molar-refractivity contribution in [3.63, 3.8) is 0 Å². The quantitative estimate of drug-likeness (QED) is 0.901. The predicted octanol–water partition coefficient (Wildman–Crippen LogP) is 2.93. The Labute approximate surface area is 132 Å². The molecule has 1 aromatic rings. The van der Waals surface area contributed by atoms with Crippen LogP contribution < -0.4 is 4.74 Å². The Hall–Kier alpha value is -1.56. The molecule has 0 bridgehead atoms. The number of carbonyl (C=O) groups is 2. The number of nitrogens with zero attached hydrogens (tertiary/aromatic N) is 1. The Morgan fingerprint density at radius 1 is 1.43 bits per heavy atom. The molecule has 1 N–H and O–H groups in total. The summed E-state index contributed by atoms with van der Waals surface area (Å²) in [5.41, 5.74) is 0.506. The number of hydrogen-bond donors (Lipinski definition) is 1. The van der Waals surface area contributed by atoms with Crippen molar-refractivity contribution in [1.82, 2.24) is 4.90 Å². The van der Waals surface area contributed by atoms with E-state index in [1.54, 1.807) is 30.2 Å². The van der Waals surface area contributed by atoms with Crippen LogP contribution in [-0.4, -0.2) is 41.6 Å².